The topological polar surface area (TPSA) is 0 Å². The number of hydrogen-bond acceptors (Lipinski definition) is 0. The van der Waals surface area contributed by atoms with E-state index in [2.05, 4.69) is 6.58 Å². The zero-order chi connectivity index (χ0) is 10.5. The van der Waals surface area contributed by atoms with Gasteiger partial charge >= 0.3 is 6.18 Å². The van der Waals surface area contributed by atoms with E-state index in [1.807, 2.05) is 6.92 Å². The minimum Gasteiger partial charge on any atom is -0.170 e. The molecular weight excluding hydrogens is 177 g/mol. The Morgan fingerprint density at radius 3 is 2.23 bits per heavy atom. The third-order valence-corrected chi connectivity index (χ3v) is 2.05. The van der Waals surface area contributed by atoms with Crippen LogP contribution < -0.4 is 0 Å². The summed E-state index contributed by atoms with van der Waals surface area (Å²) in [5, 5.41) is 0. The molecule has 0 fully saturated rings. The second kappa shape index (κ2) is 5.10. The molecule has 0 aromatic carbocycles. The predicted molar refractivity (Wildman–Crippen MR) is 48.4 cm³/mol. The van der Waals surface area contributed by atoms with Gasteiger partial charge in [0.05, 0.1) is 5.92 Å². The molecule has 0 aromatic heterocycles. The van der Waals surface area contributed by atoms with Crippen LogP contribution in [0, 0.1) is 5.92 Å². The summed E-state index contributed by atoms with van der Waals surface area (Å²) in [6, 6.07) is 0. The lowest BCUT2D eigenvalue weighted by molar-refractivity contribution is -0.160. The maximum absolute atomic E-state index is 12.3. The monoisotopic (exact) mass is 192 g/mol. The van der Waals surface area contributed by atoms with Crippen LogP contribution in [0.4, 0.5) is 13.2 Å². The summed E-state index contributed by atoms with van der Waals surface area (Å²) in [5.74, 6) is -1.40. The number of hydrogen-bond donors (Lipinski definition) is 0. The zero-order valence-electron chi connectivity index (χ0n) is 7.99. The van der Waals surface area contributed by atoms with Crippen LogP contribution in [0.5, 0.6) is 0 Å². The van der Waals surface area contributed by atoms with Gasteiger partial charge < -0.3 is 0 Å². The van der Waals surface area contributed by atoms with E-state index >= 15 is 0 Å². The van der Waals surface area contributed by atoms with E-state index in [4.69, 9.17) is 0 Å². The van der Waals surface area contributed by atoms with E-state index in [-0.39, 0.29) is 6.42 Å². The van der Waals surface area contributed by atoms with Crippen molar-refractivity contribution in [3.63, 3.8) is 0 Å². The molecule has 0 nitrogen and oxygen atoms in total. The SMILES string of the molecule is C=CC(C/C(=C\C)CC)C(F)(F)F. The quantitative estimate of drug-likeness (QED) is 0.588. The van der Waals surface area contributed by atoms with Gasteiger partial charge in [-0.1, -0.05) is 24.6 Å². The van der Waals surface area contributed by atoms with E-state index in [9.17, 15) is 13.2 Å². The lowest BCUT2D eigenvalue weighted by atomic mass is 9.97. The molecule has 0 saturated carbocycles. The van der Waals surface area contributed by atoms with E-state index in [0.29, 0.717) is 6.42 Å². The second-order valence-electron chi connectivity index (χ2n) is 2.89. The molecule has 0 aromatic rings. The van der Waals surface area contributed by atoms with Gasteiger partial charge in [0.2, 0.25) is 0 Å². The fraction of sp³-hybridized carbons (Fsp3) is 0.600. The molecule has 76 valence electrons. The summed E-state index contributed by atoms with van der Waals surface area (Å²) in [7, 11) is 0. The third-order valence-electron chi connectivity index (χ3n) is 2.05. The van der Waals surface area contributed by atoms with Crippen molar-refractivity contribution in [3.05, 3.63) is 24.3 Å². The average molecular weight is 192 g/mol. The first-order valence-corrected chi connectivity index (χ1v) is 4.29. The number of alkyl halides is 3. The van der Waals surface area contributed by atoms with Crippen molar-refractivity contribution in [2.45, 2.75) is 32.9 Å². The van der Waals surface area contributed by atoms with Gasteiger partial charge in [-0.05, 0) is 19.8 Å². The Bertz CT molecular complexity index is 189. The fourth-order valence-electron chi connectivity index (χ4n) is 1.08. The van der Waals surface area contributed by atoms with Gasteiger partial charge in [0, 0.05) is 0 Å². The Labute approximate surface area is 77.1 Å². The normalized spacial score (nSPS) is 15.6. The summed E-state index contributed by atoms with van der Waals surface area (Å²) in [6.07, 6.45) is -0.747. The molecule has 0 radical (unpaired) electrons. The summed E-state index contributed by atoms with van der Waals surface area (Å²) >= 11 is 0. The molecule has 0 amide bonds. The summed E-state index contributed by atoms with van der Waals surface area (Å²) in [4.78, 5) is 0. The van der Waals surface area contributed by atoms with Crippen molar-refractivity contribution in [3.8, 4) is 0 Å². The lowest BCUT2D eigenvalue weighted by Gasteiger charge is -2.17. The summed E-state index contributed by atoms with van der Waals surface area (Å²) < 4.78 is 36.8. The molecular formula is C10H15F3. The van der Waals surface area contributed by atoms with Gasteiger partial charge in [-0.2, -0.15) is 13.2 Å². The van der Waals surface area contributed by atoms with E-state index in [1.165, 1.54) is 0 Å². The zero-order valence-corrected chi connectivity index (χ0v) is 7.99. The smallest absolute Gasteiger partial charge is 0.170 e. The molecule has 0 saturated heterocycles. The maximum atomic E-state index is 12.3. The van der Waals surface area contributed by atoms with Gasteiger partial charge in [-0.15, -0.1) is 6.58 Å². The fourth-order valence-corrected chi connectivity index (χ4v) is 1.08. The first-order valence-electron chi connectivity index (χ1n) is 4.29. The molecule has 13 heavy (non-hydrogen) atoms. The van der Waals surface area contributed by atoms with Crippen LogP contribution in [0.1, 0.15) is 26.7 Å². The molecule has 0 rings (SSSR count). The molecule has 1 unspecified atom stereocenters. The molecule has 0 aliphatic heterocycles. The number of allylic oxidation sites excluding steroid dienone is 3. The largest absolute Gasteiger partial charge is 0.395 e. The Morgan fingerprint density at radius 2 is 2.00 bits per heavy atom. The van der Waals surface area contributed by atoms with E-state index < -0.39 is 12.1 Å². The first kappa shape index (κ1) is 12.3. The highest BCUT2D eigenvalue weighted by atomic mass is 19.4. The Balaban J connectivity index is 4.38. The van der Waals surface area contributed by atoms with Gasteiger partial charge in [-0.25, -0.2) is 0 Å². The predicted octanol–water partition coefficient (Wildman–Crippen LogP) is 4.10. The highest BCUT2D eigenvalue weighted by molar-refractivity contribution is 5.04. The van der Waals surface area contributed by atoms with Crippen LogP contribution in [0.15, 0.2) is 24.3 Å². The van der Waals surface area contributed by atoms with Crippen LogP contribution in [0.2, 0.25) is 0 Å². The average Bonchev–Trinajstić information content (AvgIpc) is 2.04. The maximum Gasteiger partial charge on any atom is 0.395 e. The number of halogens is 3. The Morgan fingerprint density at radius 1 is 1.46 bits per heavy atom. The molecule has 0 bridgehead atoms. The first-order chi connectivity index (χ1) is 5.95. The lowest BCUT2D eigenvalue weighted by Crippen LogP contribution is -2.21. The molecule has 1 atom stereocenters. The van der Waals surface area contributed by atoms with Crippen molar-refractivity contribution < 1.29 is 13.2 Å². The van der Waals surface area contributed by atoms with Gasteiger partial charge in [0.25, 0.3) is 0 Å². The van der Waals surface area contributed by atoms with Gasteiger partial charge in [0.15, 0.2) is 0 Å². The van der Waals surface area contributed by atoms with Crippen molar-refractivity contribution in [2.24, 2.45) is 5.92 Å². The van der Waals surface area contributed by atoms with E-state index in [0.717, 1.165) is 11.6 Å². The highest BCUT2D eigenvalue weighted by Gasteiger charge is 2.37. The summed E-state index contributed by atoms with van der Waals surface area (Å²) in [6.45, 7) is 6.81. The number of rotatable bonds is 4. The van der Waals surface area contributed by atoms with Crippen molar-refractivity contribution in [1.29, 1.82) is 0 Å². The van der Waals surface area contributed by atoms with Crippen LogP contribution in [-0.2, 0) is 0 Å². The van der Waals surface area contributed by atoms with Gasteiger partial charge in [0.1, 0.15) is 0 Å². The van der Waals surface area contributed by atoms with Crippen molar-refractivity contribution in [2.75, 3.05) is 0 Å². The molecule has 0 N–H and O–H groups in total. The van der Waals surface area contributed by atoms with Crippen LogP contribution in [-0.4, -0.2) is 6.18 Å². The Hall–Kier alpha value is -0.730. The highest BCUT2D eigenvalue weighted by Crippen LogP contribution is 2.32. The van der Waals surface area contributed by atoms with Crippen LogP contribution >= 0.6 is 0 Å². The van der Waals surface area contributed by atoms with E-state index in [1.54, 1.807) is 13.0 Å². The van der Waals surface area contributed by atoms with Crippen molar-refractivity contribution >= 4 is 0 Å². The molecule has 0 aliphatic carbocycles. The van der Waals surface area contributed by atoms with Crippen LogP contribution in [0.25, 0.3) is 0 Å². The Kier molecular flexibility index (Phi) is 4.81. The molecule has 0 heterocycles. The third kappa shape index (κ3) is 4.15. The molecule has 0 spiro atoms. The second-order valence-corrected chi connectivity index (χ2v) is 2.89. The van der Waals surface area contributed by atoms with Crippen molar-refractivity contribution in [1.82, 2.24) is 0 Å². The molecule has 3 heteroatoms. The van der Waals surface area contributed by atoms with Crippen LogP contribution in [0.3, 0.4) is 0 Å². The minimum atomic E-state index is -4.16. The van der Waals surface area contributed by atoms with Gasteiger partial charge in [-0.3, -0.25) is 0 Å². The molecule has 0 aliphatic rings. The summed E-state index contributed by atoms with van der Waals surface area (Å²) in [5.41, 5.74) is 0.822. The minimum absolute atomic E-state index is 0.0417. The standard InChI is InChI=1S/C10H15F3/c1-4-8(5-2)7-9(6-3)10(11,12)13/h4,6,9H,3,5,7H2,1-2H3/b8-4-.